The van der Waals surface area contributed by atoms with Crippen molar-refractivity contribution in [2.75, 3.05) is 0 Å². The van der Waals surface area contributed by atoms with Crippen molar-refractivity contribution in [1.82, 2.24) is 0 Å². The average molecular weight is 641 g/mol. The van der Waals surface area contributed by atoms with Crippen molar-refractivity contribution in [2.24, 2.45) is 0 Å². The summed E-state index contributed by atoms with van der Waals surface area (Å²) in [6.45, 7) is 0. The molecule has 2 heteroatoms. The van der Waals surface area contributed by atoms with E-state index >= 15 is 0 Å². The molecular weight excluding hydrogens is 609 g/mol. The third kappa shape index (κ3) is 4.09. The molecule has 8 aromatic rings. The van der Waals surface area contributed by atoms with Crippen molar-refractivity contribution in [1.29, 1.82) is 0 Å². The van der Waals surface area contributed by atoms with Crippen LogP contribution in [0.3, 0.4) is 0 Å². The lowest BCUT2D eigenvalue weighted by atomic mass is 9.83. The molecule has 0 bridgehead atoms. The Morgan fingerprint density at radius 1 is 0.540 bits per heavy atom. The van der Waals surface area contributed by atoms with Crippen molar-refractivity contribution >= 4 is 65.4 Å². The molecule has 11 rings (SSSR count). The van der Waals surface area contributed by atoms with E-state index in [4.69, 9.17) is 9.15 Å². The summed E-state index contributed by atoms with van der Waals surface area (Å²) in [5, 5.41) is 9.86. The number of benzene rings is 7. The molecule has 0 amide bonds. The first kappa shape index (κ1) is 27.8. The summed E-state index contributed by atoms with van der Waals surface area (Å²) < 4.78 is 12.9. The van der Waals surface area contributed by atoms with Gasteiger partial charge in [0.25, 0.3) is 0 Å². The van der Waals surface area contributed by atoms with E-state index in [9.17, 15) is 0 Å². The fourth-order valence-corrected chi connectivity index (χ4v) is 8.76. The standard InChI is InChI=1S/C48H32O2/c1-2-10-30(11-3-1)46-35-13-4-6-15-37(35)47(38-16-7-5-14-36(38)46)31-20-18-29(19-21-31)32-23-25-44-41(26-32)42-28-40-33(27-45(42)49-44)22-24-39-34-12-8-9-17-43(34)50-48(39)40/h1-2,4-10,12-25,27-28,41H,3,11,26H2. The van der Waals surface area contributed by atoms with E-state index in [0.717, 1.165) is 63.5 Å². The van der Waals surface area contributed by atoms with Crippen LogP contribution in [-0.2, 0) is 0 Å². The monoisotopic (exact) mass is 640 g/mol. The Morgan fingerprint density at radius 3 is 1.98 bits per heavy atom. The number of allylic oxidation sites excluding steroid dienone is 8. The second-order valence-corrected chi connectivity index (χ2v) is 13.8. The number of hydrogen-bond donors (Lipinski definition) is 0. The van der Waals surface area contributed by atoms with Gasteiger partial charge in [-0.2, -0.15) is 0 Å². The third-order valence-corrected chi connectivity index (χ3v) is 11.1. The molecule has 0 fully saturated rings. The maximum absolute atomic E-state index is 6.46. The zero-order valence-electron chi connectivity index (χ0n) is 27.4. The van der Waals surface area contributed by atoms with Crippen molar-refractivity contribution in [3.8, 4) is 16.9 Å². The van der Waals surface area contributed by atoms with E-state index in [1.807, 2.05) is 6.07 Å². The first-order valence-electron chi connectivity index (χ1n) is 17.7. The van der Waals surface area contributed by atoms with Crippen molar-refractivity contribution < 1.29 is 9.15 Å². The highest BCUT2D eigenvalue weighted by Crippen LogP contribution is 2.50. The van der Waals surface area contributed by atoms with Crippen LogP contribution < -0.4 is 4.74 Å². The number of rotatable bonds is 3. The molecule has 1 aliphatic heterocycles. The van der Waals surface area contributed by atoms with Crippen molar-refractivity contribution in [3.05, 3.63) is 174 Å². The van der Waals surface area contributed by atoms with Crippen LogP contribution in [0.5, 0.6) is 5.75 Å². The Kier molecular flexibility index (Phi) is 5.94. The van der Waals surface area contributed by atoms with Gasteiger partial charge < -0.3 is 9.15 Å². The van der Waals surface area contributed by atoms with Gasteiger partial charge in [0.1, 0.15) is 22.7 Å². The molecule has 2 aliphatic carbocycles. The van der Waals surface area contributed by atoms with Crippen LogP contribution in [0.1, 0.15) is 41.9 Å². The summed E-state index contributed by atoms with van der Waals surface area (Å²) in [5.41, 5.74) is 11.0. The highest BCUT2D eigenvalue weighted by Gasteiger charge is 2.33. The van der Waals surface area contributed by atoms with E-state index < -0.39 is 0 Å². The Bertz CT molecular complexity index is 2800. The zero-order valence-corrected chi connectivity index (χ0v) is 27.4. The summed E-state index contributed by atoms with van der Waals surface area (Å²) in [7, 11) is 0. The molecule has 0 spiro atoms. The van der Waals surface area contributed by atoms with Crippen LogP contribution >= 0.6 is 0 Å². The first-order chi connectivity index (χ1) is 24.8. The molecule has 1 unspecified atom stereocenters. The van der Waals surface area contributed by atoms with Gasteiger partial charge in [-0.25, -0.2) is 0 Å². The number of ether oxygens (including phenoxy) is 1. The Hall–Kier alpha value is -6.12. The van der Waals surface area contributed by atoms with Crippen LogP contribution in [0, 0.1) is 0 Å². The third-order valence-electron chi connectivity index (χ3n) is 11.1. The van der Waals surface area contributed by atoms with Gasteiger partial charge in [-0.15, -0.1) is 0 Å². The van der Waals surface area contributed by atoms with Crippen LogP contribution in [0.4, 0.5) is 0 Å². The minimum absolute atomic E-state index is 0.179. The van der Waals surface area contributed by atoms with Gasteiger partial charge >= 0.3 is 0 Å². The van der Waals surface area contributed by atoms with E-state index in [2.05, 4.69) is 146 Å². The molecule has 0 saturated carbocycles. The van der Waals surface area contributed by atoms with Gasteiger partial charge in [0, 0.05) is 27.6 Å². The molecule has 1 aromatic heterocycles. The van der Waals surface area contributed by atoms with Gasteiger partial charge in [-0.05, 0) is 110 Å². The minimum Gasteiger partial charge on any atom is -0.461 e. The van der Waals surface area contributed by atoms with E-state index in [-0.39, 0.29) is 5.92 Å². The highest BCUT2D eigenvalue weighted by molar-refractivity contribution is 6.19. The van der Waals surface area contributed by atoms with Gasteiger partial charge in [0.15, 0.2) is 0 Å². The predicted octanol–water partition coefficient (Wildman–Crippen LogP) is 13.3. The lowest BCUT2D eigenvalue weighted by Gasteiger charge is -2.21. The Labute approximate surface area is 289 Å². The molecule has 2 heterocycles. The Morgan fingerprint density at radius 2 is 1.24 bits per heavy atom. The maximum Gasteiger partial charge on any atom is 0.143 e. The van der Waals surface area contributed by atoms with E-state index in [0.29, 0.717) is 0 Å². The van der Waals surface area contributed by atoms with Crippen LogP contribution in [0.15, 0.2) is 162 Å². The lowest BCUT2D eigenvalue weighted by Crippen LogP contribution is -2.04. The molecule has 0 N–H and O–H groups in total. The quantitative estimate of drug-likeness (QED) is 0.179. The summed E-state index contributed by atoms with van der Waals surface area (Å²) >= 11 is 0. The largest absolute Gasteiger partial charge is 0.461 e. The topological polar surface area (TPSA) is 22.4 Å². The Balaban J connectivity index is 0.976. The number of fused-ring (bicyclic) bond motifs is 10. The van der Waals surface area contributed by atoms with Gasteiger partial charge in [0.2, 0.25) is 0 Å². The van der Waals surface area contributed by atoms with Gasteiger partial charge in [-0.3, -0.25) is 0 Å². The molecule has 3 aliphatic rings. The summed E-state index contributed by atoms with van der Waals surface area (Å²) in [6, 6.07) is 44.3. The van der Waals surface area contributed by atoms with Gasteiger partial charge in [0.05, 0.1) is 0 Å². The number of para-hydroxylation sites is 1. The average Bonchev–Trinajstić information content (AvgIpc) is 3.74. The zero-order chi connectivity index (χ0) is 32.8. The van der Waals surface area contributed by atoms with Crippen LogP contribution in [0.25, 0.3) is 76.5 Å². The summed E-state index contributed by atoms with van der Waals surface area (Å²) in [4.78, 5) is 0. The summed E-state index contributed by atoms with van der Waals surface area (Å²) in [5.74, 6) is 2.16. The molecule has 0 saturated heterocycles. The molecule has 1 atom stereocenters. The van der Waals surface area contributed by atoms with Crippen LogP contribution in [0.2, 0.25) is 0 Å². The fourth-order valence-electron chi connectivity index (χ4n) is 8.76. The van der Waals surface area contributed by atoms with Crippen molar-refractivity contribution in [2.45, 2.75) is 25.2 Å². The second kappa shape index (κ2) is 10.7. The van der Waals surface area contributed by atoms with Crippen molar-refractivity contribution in [3.63, 3.8) is 0 Å². The SMILES string of the molecule is C1=CCCC(c2c3ccccc3c(-c3ccc(C4=CC=C5Oc6cc7ccc8c9ccccc9oc8c7cc6C5C4)cc3)c3ccccc23)=C1. The van der Waals surface area contributed by atoms with E-state index in [1.54, 1.807) is 0 Å². The number of furan rings is 1. The summed E-state index contributed by atoms with van der Waals surface area (Å²) in [6.07, 6.45) is 14.3. The molecule has 0 radical (unpaired) electrons. The smallest absolute Gasteiger partial charge is 0.143 e. The molecule has 50 heavy (non-hydrogen) atoms. The maximum atomic E-state index is 6.46. The molecule has 7 aromatic carbocycles. The minimum atomic E-state index is 0.179. The second-order valence-electron chi connectivity index (χ2n) is 13.8. The molecule has 236 valence electrons. The number of hydrogen-bond acceptors (Lipinski definition) is 2. The predicted molar refractivity (Wildman–Crippen MR) is 209 cm³/mol. The van der Waals surface area contributed by atoms with E-state index in [1.165, 1.54) is 60.5 Å². The molecule has 2 nitrogen and oxygen atoms in total. The lowest BCUT2D eigenvalue weighted by molar-refractivity contribution is 0.427. The fraction of sp³-hybridized carbons (Fsp3) is 0.0833. The molecular formula is C48H32O2. The normalized spacial score (nSPS) is 16.8. The first-order valence-corrected chi connectivity index (χ1v) is 17.7. The van der Waals surface area contributed by atoms with Crippen LogP contribution in [-0.4, -0.2) is 0 Å². The van der Waals surface area contributed by atoms with Gasteiger partial charge in [-0.1, -0.05) is 121 Å². The highest BCUT2D eigenvalue weighted by atomic mass is 16.5.